The van der Waals surface area contributed by atoms with Crippen LogP contribution in [0.15, 0.2) is 54.9 Å². The van der Waals surface area contributed by atoms with E-state index in [2.05, 4.69) is 10.3 Å². The van der Waals surface area contributed by atoms with E-state index >= 15 is 0 Å². The van der Waals surface area contributed by atoms with Gasteiger partial charge in [-0.05, 0) is 36.0 Å². The molecule has 1 N–H and O–H groups in total. The zero-order chi connectivity index (χ0) is 19.3. The van der Waals surface area contributed by atoms with Gasteiger partial charge in [0, 0.05) is 25.5 Å². The molecule has 1 aromatic carbocycles. The van der Waals surface area contributed by atoms with Crippen LogP contribution in [0, 0.1) is 5.92 Å². The highest BCUT2D eigenvalue weighted by Gasteiger charge is 2.39. The van der Waals surface area contributed by atoms with E-state index in [1.807, 2.05) is 41.3 Å². The Labute approximate surface area is 164 Å². The molecular formula is C22H25N3O3. The van der Waals surface area contributed by atoms with E-state index in [0.29, 0.717) is 12.5 Å². The van der Waals surface area contributed by atoms with Crippen molar-refractivity contribution in [2.75, 3.05) is 13.2 Å². The van der Waals surface area contributed by atoms with Crippen molar-refractivity contribution in [3.05, 3.63) is 66.0 Å². The van der Waals surface area contributed by atoms with Gasteiger partial charge in [0.25, 0.3) is 5.91 Å². The predicted octanol–water partition coefficient (Wildman–Crippen LogP) is 2.47. The molecule has 0 spiro atoms. The van der Waals surface area contributed by atoms with Gasteiger partial charge in [0.1, 0.15) is 6.61 Å². The van der Waals surface area contributed by atoms with Crippen LogP contribution in [0.25, 0.3) is 0 Å². The molecule has 28 heavy (non-hydrogen) atoms. The number of benzene rings is 1. The Morgan fingerprint density at radius 3 is 2.68 bits per heavy atom. The third kappa shape index (κ3) is 4.22. The van der Waals surface area contributed by atoms with Crippen LogP contribution in [0.5, 0.6) is 0 Å². The number of pyridine rings is 1. The highest BCUT2D eigenvalue weighted by Crippen LogP contribution is 2.30. The monoisotopic (exact) mass is 379 g/mol. The smallest absolute Gasteiger partial charge is 0.254 e. The fourth-order valence-corrected chi connectivity index (χ4v) is 3.79. The van der Waals surface area contributed by atoms with Crippen molar-refractivity contribution in [3.8, 4) is 0 Å². The molecule has 2 aliphatic rings. The van der Waals surface area contributed by atoms with Crippen LogP contribution in [-0.4, -0.2) is 41.0 Å². The van der Waals surface area contributed by atoms with Crippen molar-refractivity contribution < 1.29 is 14.3 Å². The molecule has 6 heteroatoms. The summed E-state index contributed by atoms with van der Waals surface area (Å²) >= 11 is 0. The molecule has 1 saturated carbocycles. The minimum absolute atomic E-state index is 0.0791. The number of rotatable bonds is 6. The quantitative estimate of drug-likeness (QED) is 0.837. The molecule has 0 radical (unpaired) electrons. The molecule has 2 atom stereocenters. The zero-order valence-electron chi connectivity index (χ0n) is 15.8. The minimum Gasteiger partial charge on any atom is -0.356 e. The maximum absolute atomic E-state index is 13.5. The van der Waals surface area contributed by atoms with Crippen LogP contribution < -0.4 is 5.32 Å². The van der Waals surface area contributed by atoms with E-state index in [1.54, 1.807) is 18.5 Å². The van der Waals surface area contributed by atoms with Gasteiger partial charge in [-0.1, -0.05) is 42.8 Å². The van der Waals surface area contributed by atoms with Gasteiger partial charge < -0.3 is 15.0 Å². The number of amides is 2. The lowest BCUT2D eigenvalue weighted by Crippen LogP contribution is -2.54. The fraction of sp³-hybridized carbons (Fsp3) is 0.409. The van der Waals surface area contributed by atoms with Gasteiger partial charge in [-0.15, -0.1) is 0 Å². The lowest BCUT2D eigenvalue weighted by Gasteiger charge is -2.38. The highest BCUT2D eigenvalue weighted by molar-refractivity contribution is 5.86. The lowest BCUT2D eigenvalue weighted by molar-refractivity contribution is -0.156. The fourth-order valence-electron chi connectivity index (χ4n) is 3.79. The van der Waals surface area contributed by atoms with Gasteiger partial charge >= 0.3 is 0 Å². The Bertz CT molecular complexity index is 808. The molecule has 146 valence electrons. The molecule has 0 bridgehead atoms. The number of carbonyl (C=O) groups is 2. The minimum atomic E-state index is -0.745. The second kappa shape index (κ2) is 8.52. The summed E-state index contributed by atoms with van der Waals surface area (Å²) in [5, 5.41) is 2.91. The Morgan fingerprint density at radius 1 is 1.18 bits per heavy atom. The van der Waals surface area contributed by atoms with E-state index in [1.165, 1.54) is 6.42 Å². The Hall–Kier alpha value is -2.73. The maximum Gasteiger partial charge on any atom is 0.254 e. The van der Waals surface area contributed by atoms with Crippen LogP contribution in [0.1, 0.15) is 36.4 Å². The number of hydrogen-bond donors (Lipinski definition) is 1. The Balaban J connectivity index is 1.57. The number of ether oxygens (including phenoxy) is 1. The van der Waals surface area contributed by atoms with Crippen LogP contribution in [-0.2, 0) is 20.9 Å². The number of morpholine rings is 1. The summed E-state index contributed by atoms with van der Waals surface area (Å²) in [6.07, 6.45) is 6.15. The molecule has 2 amide bonds. The molecule has 1 aliphatic heterocycles. The summed E-state index contributed by atoms with van der Waals surface area (Å²) in [4.78, 5) is 31.4. The van der Waals surface area contributed by atoms with Crippen LogP contribution >= 0.6 is 0 Å². The third-order valence-electron chi connectivity index (χ3n) is 5.53. The molecule has 4 rings (SSSR count). The number of nitrogens with one attached hydrogen (secondary N) is 1. The first-order valence-corrected chi connectivity index (χ1v) is 9.84. The van der Waals surface area contributed by atoms with Crippen molar-refractivity contribution in [3.63, 3.8) is 0 Å². The van der Waals surface area contributed by atoms with Gasteiger partial charge in [-0.3, -0.25) is 14.6 Å². The molecule has 1 aromatic heterocycles. The number of aromatic nitrogens is 1. The van der Waals surface area contributed by atoms with E-state index < -0.39 is 12.1 Å². The lowest BCUT2D eigenvalue weighted by atomic mass is 9.85. The van der Waals surface area contributed by atoms with Gasteiger partial charge in [-0.25, -0.2) is 0 Å². The first-order chi connectivity index (χ1) is 13.7. The summed E-state index contributed by atoms with van der Waals surface area (Å²) < 4.78 is 5.74. The summed E-state index contributed by atoms with van der Waals surface area (Å²) in [6.45, 7) is 1.17. The SMILES string of the molecule is O=C1CO[C@H](C(=O)N(Cc2ccccc2)CC2CCC2)[C@@H](c2cccnc2)N1. The number of nitrogens with zero attached hydrogens (tertiary/aromatic N) is 2. The summed E-state index contributed by atoms with van der Waals surface area (Å²) in [7, 11) is 0. The van der Waals surface area contributed by atoms with E-state index in [0.717, 1.165) is 30.5 Å². The van der Waals surface area contributed by atoms with Gasteiger partial charge in [0.05, 0.1) is 6.04 Å². The molecule has 2 fully saturated rings. The van der Waals surface area contributed by atoms with Gasteiger partial charge in [-0.2, -0.15) is 0 Å². The first-order valence-electron chi connectivity index (χ1n) is 9.84. The largest absolute Gasteiger partial charge is 0.356 e. The Kier molecular flexibility index (Phi) is 5.67. The number of carbonyl (C=O) groups excluding carboxylic acids is 2. The Morgan fingerprint density at radius 2 is 2.00 bits per heavy atom. The highest BCUT2D eigenvalue weighted by atomic mass is 16.5. The number of hydrogen-bond acceptors (Lipinski definition) is 4. The van der Waals surface area contributed by atoms with Crippen molar-refractivity contribution in [2.45, 2.75) is 38.0 Å². The van der Waals surface area contributed by atoms with Crippen LogP contribution in [0.4, 0.5) is 0 Å². The van der Waals surface area contributed by atoms with Crippen molar-refractivity contribution in [1.29, 1.82) is 0 Å². The van der Waals surface area contributed by atoms with Crippen molar-refractivity contribution in [2.24, 2.45) is 5.92 Å². The second-order valence-corrected chi connectivity index (χ2v) is 7.56. The molecule has 2 aromatic rings. The van der Waals surface area contributed by atoms with Gasteiger partial charge in [0.2, 0.25) is 5.91 Å². The zero-order valence-corrected chi connectivity index (χ0v) is 15.8. The van der Waals surface area contributed by atoms with Crippen LogP contribution in [0.2, 0.25) is 0 Å². The van der Waals surface area contributed by atoms with Gasteiger partial charge in [0.15, 0.2) is 6.10 Å². The molecular weight excluding hydrogens is 354 g/mol. The second-order valence-electron chi connectivity index (χ2n) is 7.56. The van der Waals surface area contributed by atoms with E-state index in [9.17, 15) is 9.59 Å². The average Bonchev–Trinajstić information content (AvgIpc) is 2.70. The van der Waals surface area contributed by atoms with Crippen molar-refractivity contribution >= 4 is 11.8 Å². The molecule has 2 heterocycles. The first kappa shape index (κ1) is 18.6. The molecule has 6 nitrogen and oxygen atoms in total. The van der Waals surface area contributed by atoms with Crippen LogP contribution in [0.3, 0.4) is 0 Å². The topological polar surface area (TPSA) is 71.5 Å². The third-order valence-corrected chi connectivity index (χ3v) is 5.53. The summed E-state index contributed by atoms with van der Waals surface area (Å²) in [6, 6.07) is 13.1. The maximum atomic E-state index is 13.5. The van der Waals surface area contributed by atoms with Crippen molar-refractivity contribution in [1.82, 2.24) is 15.2 Å². The van der Waals surface area contributed by atoms with E-state index in [-0.39, 0.29) is 18.4 Å². The van der Waals surface area contributed by atoms with E-state index in [4.69, 9.17) is 4.74 Å². The predicted molar refractivity (Wildman–Crippen MR) is 104 cm³/mol. The normalized spacial score (nSPS) is 22.2. The molecule has 1 saturated heterocycles. The average molecular weight is 379 g/mol. The summed E-state index contributed by atoms with van der Waals surface area (Å²) in [5.74, 6) is 0.249. The molecule has 1 aliphatic carbocycles. The summed E-state index contributed by atoms with van der Waals surface area (Å²) in [5.41, 5.74) is 1.87. The standard InChI is InChI=1S/C22H25N3O3/c26-19-15-28-21(20(24-19)18-10-5-11-23-12-18)22(27)25(14-17-8-4-9-17)13-16-6-2-1-3-7-16/h1-3,5-7,10-12,17,20-21H,4,8-9,13-15H2,(H,24,26)/t20-,21+/m1/s1. The molecule has 0 unspecified atom stereocenters.